The van der Waals surface area contributed by atoms with Crippen molar-refractivity contribution >= 4 is 34.3 Å². The third-order valence-electron chi connectivity index (χ3n) is 5.11. The molecule has 0 radical (unpaired) electrons. The summed E-state index contributed by atoms with van der Waals surface area (Å²) in [5, 5.41) is 0.806. The Morgan fingerprint density at radius 3 is 2.74 bits per heavy atom. The topological polar surface area (TPSA) is 46.0 Å². The van der Waals surface area contributed by atoms with Crippen molar-refractivity contribution < 1.29 is 4.42 Å². The van der Waals surface area contributed by atoms with Crippen LogP contribution in [0.5, 0.6) is 0 Å². The van der Waals surface area contributed by atoms with Gasteiger partial charge in [-0.05, 0) is 70.5 Å². The number of oxazole rings is 1. The third-order valence-corrected chi connectivity index (χ3v) is 5.47. The van der Waals surface area contributed by atoms with Gasteiger partial charge < -0.3 is 4.42 Å². The molecule has 132 valence electrons. The van der Waals surface area contributed by atoms with Gasteiger partial charge in [0.25, 0.3) is 0 Å². The van der Waals surface area contributed by atoms with Crippen LogP contribution in [0.1, 0.15) is 27.8 Å². The molecule has 3 nitrogen and oxygen atoms in total. The molecule has 5 rings (SSSR count). The molecule has 1 aliphatic carbocycles. The second kappa shape index (κ2) is 6.29. The molecular formula is C23H16ClNO2. The van der Waals surface area contributed by atoms with Crippen molar-refractivity contribution in [2.24, 2.45) is 0 Å². The number of fused-ring (bicyclic) bond motifs is 3. The van der Waals surface area contributed by atoms with E-state index in [0.29, 0.717) is 11.1 Å². The second-order valence-electron chi connectivity index (χ2n) is 6.75. The van der Waals surface area contributed by atoms with Gasteiger partial charge in [0.15, 0.2) is 5.58 Å². The SMILES string of the molecule is O=c1[nH]c2cc(/C=C3/c4ccccc4CCc4c(Cl)cccc43)ccc2o1. The first kappa shape index (κ1) is 16.2. The Hall–Kier alpha value is -3.04. The molecule has 1 aromatic heterocycles. The standard InChI is InChI=1S/C23H16ClNO2/c24-20-7-3-6-17-18(20)10-9-15-4-1-2-5-16(15)19(17)12-14-8-11-22-21(13-14)25-23(26)27-22/h1-8,11-13H,9-10H2,(H,25,26)/b19-12-. The molecule has 1 aliphatic rings. The fourth-order valence-electron chi connectivity index (χ4n) is 3.85. The summed E-state index contributed by atoms with van der Waals surface area (Å²) in [7, 11) is 0. The molecule has 4 aromatic rings. The lowest BCUT2D eigenvalue weighted by atomic mass is 9.92. The normalized spacial score (nSPS) is 14.8. The zero-order chi connectivity index (χ0) is 18.4. The minimum Gasteiger partial charge on any atom is -0.408 e. The van der Waals surface area contributed by atoms with Crippen LogP contribution in [0.4, 0.5) is 0 Å². The summed E-state index contributed by atoms with van der Waals surface area (Å²) in [6.07, 6.45) is 4.03. The van der Waals surface area contributed by atoms with Crippen molar-refractivity contribution in [2.45, 2.75) is 12.8 Å². The van der Waals surface area contributed by atoms with E-state index in [1.165, 1.54) is 16.7 Å². The first-order valence-corrected chi connectivity index (χ1v) is 9.27. The van der Waals surface area contributed by atoms with Crippen LogP contribution in [0.25, 0.3) is 22.7 Å². The number of rotatable bonds is 1. The van der Waals surface area contributed by atoms with E-state index in [1.54, 1.807) is 0 Å². The van der Waals surface area contributed by atoms with Crippen LogP contribution in [0, 0.1) is 0 Å². The maximum Gasteiger partial charge on any atom is 0.417 e. The number of H-pyrrole nitrogens is 1. The van der Waals surface area contributed by atoms with Gasteiger partial charge in [-0.1, -0.05) is 54.1 Å². The van der Waals surface area contributed by atoms with E-state index in [0.717, 1.165) is 34.6 Å². The number of aryl methyl sites for hydroxylation is 1. The van der Waals surface area contributed by atoms with Crippen LogP contribution in [-0.4, -0.2) is 4.98 Å². The van der Waals surface area contributed by atoms with Gasteiger partial charge in [-0.25, -0.2) is 4.79 Å². The van der Waals surface area contributed by atoms with E-state index in [9.17, 15) is 4.79 Å². The summed E-state index contributed by atoms with van der Waals surface area (Å²) in [5.74, 6) is -0.438. The van der Waals surface area contributed by atoms with Crippen LogP contribution >= 0.6 is 11.6 Å². The fraction of sp³-hybridized carbons (Fsp3) is 0.0870. The Kier molecular flexibility index (Phi) is 3.76. The summed E-state index contributed by atoms with van der Waals surface area (Å²) in [5.41, 5.74) is 8.28. The highest BCUT2D eigenvalue weighted by Gasteiger charge is 2.19. The van der Waals surface area contributed by atoms with Crippen molar-refractivity contribution in [1.29, 1.82) is 0 Å². The highest BCUT2D eigenvalue weighted by molar-refractivity contribution is 6.31. The summed E-state index contributed by atoms with van der Waals surface area (Å²) >= 11 is 6.53. The molecule has 0 spiro atoms. The predicted molar refractivity (Wildman–Crippen MR) is 109 cm³/mol. The zero-order valence-corrected chi connectivity index (χ0v) is 15.2. The summed E-state index contributed by atoms with van der Waals surface area (Å²) < 4.78 is 5.11. The maximum atomic E-state index is 11.4. The van der Waals surface area contributed by atoms with Gasteiger partial charge in [0, 0.05) is 5.02 Å². The maximum absolute atomic E-state index is 11.4. The molecule has 27 heavy (non-hydrogen) atoms. The summed E-state index contributed by atoms with van der Waals surface area (Å²) in [4.78, 5) is 14.2. The van der Waals surface area contributed by atoms with E-state index < -0.39 is 5.76 Å². The van der Waals surface area contributed by atoms with Crippen LogP contribution in [-0.2, 0) is 12.8 Å². The minimum absolute atomic E-state index is 0.438. The Labute approximate surface area is 160 Å². The molecule has 0 aliphatic heterocycles. The summed E-state index contributed by atoms with van der Waals surface area (Å²) in [6, 6.07) is 20.3. The Bertz CT molecular complexity index is 1260. The first-order valence-electron chi connectivity index (χ1n) is 8.90. The van der Waals surface area contributed by atoms with Crippen LogP contribution < -0.4 is 5.76 Å². The Morgan fingerprint density at radius 2 is 1.81 bits per heavy atom. The fourth-order valence-corrected chi connectivity index (χ4v) is 4.12. The van der Waals surface area contributed by atoms with E-state index >= 15 is 0 Å². The highest BCUT2D eigenvalue weighted by Crippen LogP contribution is 2.37. The van der Waals surface area contributed by atoms with Crippen molar-refractivity contribution in [3.63, 3.8) is 0 Å². The van der Waals surface area contributed by atoms with Crippen LogP contribution in [0.15, 0.2) is 69.9 Å². The molecule has 0 bridgehead atoms. The largest absolute Gasteiger partial charge is 0.417 e. The number of halogens is 1. The summed E-state index contributed by atoms with van der Waals surface area (Å²) in [6.45, 7) is 0. The molecule has 0 saturated heterocycles. The van der Waals surface area contributed by atoms with Gasteiger partial charge in [-0.15, -0.1) is 0 Å². The van der Waals surface area contributed by atoms with Gasteiger partial charge in [0.1, 0.15) is 0 Å². The average molecular weight is 374 g/mol. The molecule has 3 aromatic carbocycles. The highest BCUT2D eigenvalue weighted by atomic mass is 35.5. The van der Waals surface area contributed by atoms with Gasteiger partial charge >= 0.3 is 5.76 Å². The van der Waals surface area contributed by atoms with Crippen molar-refractivity contribution in [1.82, 2.24) is 4.98 Å². The molecule has 1 heterocycles. The van der Waals surface area contributed by atoms with Gasteiger partial charge in [0.05, 0.1) is 5.52 Å². The third kappa shape index (κ3) is 2.81. The second-order valence-corrected chi connectivity index (χ2v) is 7.16. The number of nitrogens with one attached hydrogen (secondary N) is 1. The first-order chi connectivity index (χ1) is 13.2. The predicted octanol–water partition coefficient (Wildman–Crippen LogP) is 5.46. The molecule has 0 unspecified atom stereocenters. The number of aromatic nitrogens is 1. The van der Waals surface area contributed by atoms with E-state index in [-0.39, 0.29) is 0 Å². The van der Waals surface area contributed by atoms with Crippen LogP contribution in [0.3, 0.4) is 0 Å². The van der Waals surface area contributed by atoms with E-state index in [4.69, 9.17) is 16.0 Å². The molecule has 0 atom stereocenters. The van der Waals surface area contributed by atoms with Gasteiger partial charge in [-0.2, -0.15) is 0 Å². The quantitative estimate of drug-likeness (QED) is 0.481. The molecule has 0 amide bonds. The Morgan fingerprint density at radius 1 is 0.963 bits per heavy atom. The minimum atomic E-state index is -0.438. The molecule has 0 fully saturated rings. The molecular weight excluding hydrogens is 358 g/mol. The number of hydrogen-bond acceptors (Lipinski definition) is 2. The van der Waals surface area contributed by atoms with E-state index in [2.05, 4.69) is 41.4 Å². The average Bonchev–Trinajstić information content (AvgIpc) is 2.96. The van der Waals surface area contributed by atoms with Crippen molar-refractivity contribution in [2.75, 3.05) is 0 Å². The molecule has 4 heteroatoms. The van der Waals surface area contributed by atoms with Gasteiger partial charge in [-0.3, -0.25) is 4.98 Å². The lowest BCUT2D eigenvalue weighted by Gasteiger charge is -2.13. The van der Waals surface area contributed by atoms with Crippen molar-refractivity contribution in [3.8, 4) is 0 Å². The lowest BCUT2D eigenvalue weighted by Crippen LogP contribution is -1.94. The number of hydrogen-bond donors (Lipinski definition) is 1. The number of aromatic amines is 1. The lowest BCUT2D eigenvalue weighted by molar-refractivity contribution is 0.555. The molecule has 0 saturated carbocycles. The zero-order valence-electron chi connectivity index (χ0n) is 14.5. The van der Waals surface area contributed by atoms with Crippen LogP contribution in [0.2, 0.25) is 5.02 Å². The van der Waals surface area contributed by atoms with Crippen molar-refractivity contribution in [3.05, 3.63) is 104 Å². The monoisotopic (exact) mass is 373 g/mol. The Balaban J connectivity index is 1.77. The number of benzene rings is 3. The smallest absolute Gasteiger partial charge is 0.408 e. The van der Waals surface area contributed by atoms with E-state index in [1.807, 2.05) is 30.3 Å². The van der Waals surface area contributed by atoms with Gasteiger partial charge in [0.2, 0.25) is 0 Å². The molecule has 1 N–H and O–H groups in total.